The number of anilines is 1. The highest BCUT2D eigenvalue weighted by Gasteiger charge is 2.12. The Morgan fingerprint density at radius 3 is 1.90 bits per heavy atom. The number of nitrogen functional groups attached to an aromatic ring is 1. The van der Waals surface area contributed by atoms with E-state index in [0.29, 0.717) is 15.9 Å². The first-order valence-electron chi connectivity index (χ1n) is 4.83. The minimum Gasteiger partial charge on any atom is -0.396 e. The number of pyridine rings is 2. The van der Waals surface area contributed by atoms with E-state index in [9.17, 15) is 10.1 Å². The van der Waals surface area contributed by atoms with E-state index in [2.05, 4.69) is 9.97 Å². The van der Waals surface area contributed by atoms with Gasteiger partial charge in [-0.1, -0.05) is 46.4 Å². The summed E-state index contributed by atoms with van der Waals surface area (Å²) in [7, 11) is 0. The van der Waals surface area contributed by atoms with Crippen molar-refractivity contribution in [3.63, 3.8) is 0 Å². The zero-order valence-corrected chi connectivity index (χ0v) is 12.6. The summed E-state index contributed by atoms with van der Waals surface area (Å²) in [5.41, 5.74) is 5.47. The van der Waals surface area contributed by atoms with Crippen LogP contribution in [0.2, 0.25) is 20.4 Å². The van der Waals surface area contributed by atoms with Crippen molar-refractivity contribution in [2.24, 2.45) is 0 Å². The molecule has 0 radical (unpaired) electrons. The van der Waals surface area contributed by atoms with Crippen molar-refractivity contribution in [1.29, 1.82) is 0 Å². The molecule has 0 unspecified atom stereocenters. The van der Waals surface area contributed by atoms with Crippen LogP contribution in [0.15, 0.2) is 24.5 Å². The van der Waals surface area contributed by atoms with E-state index < -0.39 is 4.92 Å². The van der Waals surface area contributed by atoms with Gasteiger partial charge in [0.25, 0.3) is 0 Å². The molecule has 0 aliphatic heterocycles. The van der Waals surface area contributed by atoms with Gasteiger partial charge in [-0.15, -0.1) is 0 Å². The molecule has 0 saturated carbocycles. The third kappa shape index (κ3) is 4.97. The van der Waals surface area contributed by atoms with Crippen LogP contribution < -0.4 is 5.73 Å². The number of rotatable bonds is 1. The normalized spacial score (nSPS) is 9.60. The van der Waals surface area contributed by atoms with Crippen LogP contribution in [0.5, 0.6) is 0 Å². The summed E-state index contributed by atoms with van der Waals surface area (Å²) in [6.07, 6.45) is 2.69. The molecule has 2 N–H and O–H groups in total. The Balaban J connectivity index is 0.000000204. The second kappa shape index (κ2) is 7.44. The lowest BCUT2D eigenvalue weighted by Crippen LogP contribution is -1.90. The molecular formula is C10H6Cl4N4O2. The van der Waals surface area contributed by atoms with E-state index in [0.717, 1.165) is 6.07 Å². The highest BCUT2D eigenvalue weighted by molar-refractivity contribution is 6.34. The van der Waals surface area contributed by atoms with Gasteiger partial charge in [0.2, 0.25) is 5.15 Å². The molecule has 2 heterocycles. The number of nitrogens with two attached hydrogens (primary N) is 1. The molecule has 0 bridgehead atoms. The fourth-order valence-corrected chi connectivity index (χ4v) is 1.57. The number of hydrogen-bond acceptors (Lipinski definition) is 5. The van der Waals surface area contributed by atoms with Crippen LogP contribution in [-0.4, -0.2) is 14.9 Å². The Bertz CT molecular complexity index is 639. The van der Waals surface area contributed by atoms with Gasteiger partial charge in [-0.05, 0) is 6.07 Å². The summed E-state index contributed by atoms with van der Waals surface area (Å²) >= 11 is 21.8. The average Bonchev–Trinajstić information content (AvgIpc) is 2.38. The maximum atomic E-state index is 10.2. The van der Waals surface area contributed by atoms with E-state index in [1.54, 1.807) is 6.07 Å². The van der Waals surface area contributed by atoms with Gasteiger partial charge in [0, 0.05) is 18.5 Å². The summed E-state index contributed by atoms with van der Waals surface area (Å²) in [5, 5.41) is 11.0. The van der Waals surface area contributed by atoms with Crippen molar-refractivity contribution in [3.8, 4) is 0 Å². The standard InChI is InChI=1S/C5H2Cl2N2O2.C5H4Cl2N2/c6-3-1-4(9(10)11)5(7)8-2-3;6-3-1-4(8)5(7)9-2-3/h1-2H;1-2H,8H2. The molecule has 6 nitrogen and oxygen atoms in total. The Kier molecular flexibility index (Phi) is 6.22. The van der Waals surface area contributed by atoms with Crippen molar-refractivity contribution >= 4 is 57.8 Å². The number of nitrogens with zero attached hydrogens (tertiary/aromatic N) is 3. The first-order valence-corrected chi connectivity index (χ1v) is 6.34. The molecule has 106 valence electrons. The zero-order valence-electron chi connectivity index (χ0n) is 9.56. The molecule has 0 aliphatic rings. The van der Waals surface area contributed by atoms with Gasteiger partial charge in [0.05, 0.1) is 20.7 Å². The maximum Gasteiger partial charge on any atom is 0.307 e. The second-order valence-corrected chi connectivity index (χ2v) is 4.84. The predicted octanol–water partition coefficient (Wildman–Crippen LogP) is 4.27. The Morgan fingerprint density at radius 1 is 1.00 bits per heavy atom. The molecule has 10 heteroatoms. The molecule has 0 spiro atoms. The topological polar surface area (TPSA) is 94.9 Å². The van der Waals surface area contributed by atoms with Crippen molar-refractivity contribution in [1.82, 2.24) is 9.97 Å². The van der Waals surface area contributed by atoms with Gasteiger partial charge >= 0.3 is 5.69 Å². The van der Waals surface area contributed by atoms with E-state index >= 15 is 0 Å². The number of nitro groups is 1. The van der Waals surface area contributed by atoms with Gasteiger partial charge in [0.1, 0.15) is 0 Å². The number of halogens is 4. The molecule has 0 atom stereocenters. The largest absolute Gasteiger partial charge is 0.396 e. The molecule has 0 aromatic carbocycles. The van der Waals surface area contributed by atoms with Crippen LogP contribution in [0, 0.1) is 10.1 Å². The van der Waals surface area contributed by atoms with Crippen molar-refractivity contribution in [2.75, 3.05) is 5.73 Å². The Hall–Kier alpha value is -1.34. The van der Waals surface area contributed by atoms with Gasteiger partial charge in [-0.3, -0.25) is 10.1 Å². The first-order chi connectivity index (χ1) is 9.31. The lowest BCUT2D eigenvalue weighted by Gasteiger charge is -1.94. The van der Waals surface area contributed by atoms with Crippen LogP contribution in [-0.2, 0) is 0 Å². The van der Waals surface area contributed by atoms with Crippen LogP contribution in [0.4, 0.5) is 11.4 Å². The average molecular weight is 356 g/mol. The summed E-state index contributed by atoms with van der Waals surface area (Å²) in [6, 6.07) is 2.70. The number of aromatic nitrogens is 2. The van der Waals surface area contributed by atoms with Crippen molar-refractivity contribution in [3.05, 3.63) is 55.0 Å². The minimum atomic E-state index is -0.638. The van der Waals surface area contributed by atoms with E-state index in [4.69, 9.17) is 52.1 Å². The first kappa shape index (κ1) is 16.7. The Labute approximate surface area is 133 Å². The van der Waals surface area contributed by atoms with Gasteiger partial charge in [-0.25, -0.2) is 9.97 Å². The molecular weight excluding hydrogens is 350 g/mol. The fraction of sp³-hybridized carbons (Fsp3) is 0. The molecule has 0 saturated heterocycles. The van der Waals surface area contributed by atoms with E-state index in [1.165, 1.54) is 12.4 Å². The van der Waals surface area contributed by atoms with Crippen molar-refractivity contribution < 1.29 is 4.92 Å². The molecule has 2 aromatic heterocycles. The highest BCUT2D eigenvalue weighted by Crippen LogP contribution is 2.24. The summed E-state index contributed by atoms with van der Waals surface area (Å²) in [4.78, 5) is 16.7. The molecule has 20 heavy (non-hydrogen) atoms. The van der Waals surface area contributed by atoms with E-state index in [1.807, 2.05) is 0 Å². The van der Waals surface area contributed by atoms with Gasteiger partial charge < -0.3 is 5.73 Å². The van der Waals surface area contributed by atoms with Crippen molar-refractivity contribution in [2.45, 2.75) is 0 Å². The van der Waals surface area contributed by atoms with Crippen LogP contribution in [0.1, 0.15) is 0 Å². The lowest BCUT2D eigenvalue weighted by molar-refractivity contribution is -0.385. The van der Waals surface area contributed by atoms with Gasteiger partial charge in [-0.2, -0.15) is 0 Å². The third-order valence-electron chi connectivity index (χ3n) is 1.82. The molecule has 2 rings (SSSR count). The second-order valence-electron chi connectivity index (χ2n) is 3.25. The smallest absolute Gasteiger partial charge is 0.307 e. The van der Waals surface area contributed by atoms with Gasteiger partial charge in [0.15, 0.2) is 5.15 Å². The minimum absolute atomic E-state index is 0.153. The number of hydrogen-bond donors (Lipinski definition) is 1. The molecule has 0 fully saturated rings. The highest BCUT2D eigenvalue weighted by atomic mass is 35.5. The van der Waals surface area contributed by atoms with Crippen LogP contribution >= 0.6 is 46.4 Å². The van der Waals surface area contributed by atoms with E-state index in [-0.39, 0.29) is 15.9 Å². The lowest BCUT2D eigenvalue weighted by atomic mass is 10.4. The predicted molar refractivity (Wildman–Crippen MR) is 79.6 cm³/mol. The maximum absolute atomic E-state index is 10.2. The molecule has 0 amide bonds. The fourth-order valence-electron chi connectivity index (χ4n) is 0.978. The van der Waals surface area contributed by atoms with Crippen LogP contribution in [0.3, 0.4) is 0 Å². The van der Waals surface area contributed by atoms with Crippen LogP contribution in [0.25, 0.3) is 0 Å². The molecule has 0 aliphatic carbocycles. The summed E-state index contributed by atoms with van der Waals surface area (Å²) < 4.78 is 0. The quantitative estimate of drug-likeness (QED) is 0.468. The SMILES string of the molecule is Nc1cc(Cl)cnc1Cl.O=[N+]([O-])c1cc(Cl)cnc1Cl. The Morgan fingerprint density at radius 2 is 1.50 bits per heavy atom. The monoisotopic (exact) mass is 354 g/mol. The molecule has 2 aromatic rings. The zero-order chi connectivity index (χ0) is 15.3. The summed E-state index contributed by atoms with van der Waals surface area (Å²) in [6.45, 7) is 0. The third-order valence-corrected chi connectivity index (χ3v) is 2.84. The summed E-state index contributed by atoms with van der Waals surface area (Å²) in [5.74, 6) is 0.